The van der Waals surface area contributed by atoms with E-state index < -0.39 is 28.4 Å². The lowest BCUT2D eigenvalue weighted by Gasteiger charge is -2.35. The average Bonchev–Trinajstić information content (AvgIpc) is 3.02. The number of nitro groups is 1. The molecule has 1 atom stereocenters. The molecule has 1 aliphatic carbocycles. The van der Waals surface area contributed by atoms with Crippen LogP contribution in [0.2, 0.25) is 0 Å². The second kappa shape index (κ2) is 16.9. The van der Waals surface area contributed by atoms with Gasteiger partial charge in [0, 0.05) is 43.1 Å². The molecule has 1 fully saturated rings. The van der Waals surface area contributed by atoms with E-state index >= 15 is 0 Å². The number of ketones is 2. The Morgan fingerprint density at radius 2 is 1.64 bits per heavy atom. The molecule has 4 N–H and O–H groups in total. The van der Waals surface area contributed by atoms with Crippen LogP contribution in [0.25, 0.3) is 0 Å². The molecule has 2 aromatic carbocycles. The molecule has 13 nitrogen and oxygen atoms in total. The lowest BCUT2D eigenvalue weighted by atomic mass is 9.65. The molecule has 13 heteroatoms. The maximum absolute atomic E-state index is 13.7. The summed E-state index contributed by atoms with van der Waals surface area (Å²) in [6, 6.07) is 10.8. The van der Waals surface area contributed by atoms with Crippen LogP contribution in [-0.2, 0) is 25.7 Å². The fourth-order valence-corrected chi connectivity index (χ4v) is 5.47. The minimum Gasteiger partial charge on any atom is -0.429 e. The number of benzene rings is 2. The number of hydrogen-bond donors (Lipinski definition) is 3. The molecule has 0 heterocycles. The second-order valence-corrected chi connectivity index (χ2v) is 11.2. The predicted octanol–water partition coefficient (Wildman–Crippen LogP) is 5.59. The van der Waals surface area contributed by atoms with Crippen molar-refractivity contribution in [1.29, 1.82) is 0 Å². The minimum atomic E-state index is -1.04. The number of non-ortho nitro benzene ring substituents is 1. The molecule has 3 amide bonds. The molecule has 1 saturated carbocycles. The summed E-state index contributed by atoms with van der Waals surface area (Å²) in [6.45, 7) is 2.03. The molecule has 3 rings (SSSR count). The normalized spacial score (nSPS) is 14.4. The van der Waals surface area contributed by atoms with Crippen molar-refractivity contribution in [3.8, 4) is 5.75 Å². The first-order valence-electron chi connectivity index (χ1n) is 15.1. The summed E-state index contributed by atoms with van der Waals surface area (Å²) in [7, 11) is 0. The second-order valence-electron chi connectivity index (χ2n) is 11.2. The van der Waals surface area contributed by atoms with Gasteiger partial charge in [0.15, 0.2) is 0 Å². The van der Waals surface area contributed by atoms with Crippen molar-refractivity contribution in [1.82, 2.24) is 5.32 Å². The summed E-state index contributed by atoms with van der Waals surface area (Å²) in [6.07, 6.45) is 4.20. The number of urea groups is 1. The number of anilines is 1. The van der Waals surface area contributed by atoms with Crippen LogP contribution in [-0.4, -0.2) is 41.1 Å². The number of rotatable bonds is 16. The largest absolute Gasteiger partial charge is 0.514 e. The Labute approximate surface area is 261 Å². The van der Waals surface area contributed by atoms with E-state index in [0.717, 1.165) is 19.3 Å². The third kappa shape index (κ3) is 10.4. The molecule has 45 heavy (non-hydrogen) atoms. The van der Waals surface area contributed by atoms with Gasteiger partial charge >= 0.3 is 12.2 Å². The van der Waals surface area contributed by atoms with Crippen LogP contribution in [0, 0.1) is 21.4 Å². The Bertz CT molecular complexity index is 1350. The number of primary amides is 1. The van der Waals surface area contributed by atoms with E-state index in [-0.39, 0.29) is 48.5 Å². The lowest BCUT2D eigenvalue weighted by Crippen LogP contribution is -2.43. The van der Waals surface area contributed by atoms with Crippen molar-refractivity contribution in [3.05, 3.63) is 64.2 Å². The van der Waals surface area contributed by atoms with Gasteiger partial charge in [0.05, 0.1) is 10.3 Å². The highest BCUT2D eigenvalue weighted by Gasteiger charge is 2.45. The Morgan fingerprint density at radius 3 is 2.24 bits per heavy atom. The molecular formula is C32H40N4O9. The maximum atomic E-state index is 13.7. The van der Waals surface area contributed by atoms with Gasteiger partial charge in [-0.1, -0.05) is 38.3 Å². The van der Waals surface area contributed by atoms with Crippen LogP contribution < -0.4 is 21.1 Å². The molecule has 0 spiro atoms. The molecule has 0 unspecified atom stereocenters. The van der Waals surface area contributed by atoms with Gasteiger partial charge in [0.1, 0.15) is 23.9 Å². The van der Waals surface area contributed by atoms with Crippen LogP contribution in [0.5, 0.6) is 5.75 Å². The number of nitrogens with zero attached hydrogens (tertiary/aromatic N) is 1. The summed E-state index contributed by atoms with van der Waals surface area (Å²) < 4.78 is 10.1. The number of nitrogens with one attached hydrogen (secondary N) is 2. The van der Waals surface area contributed by atoms with Gasteiger partial charge in [0.2, 0.25) is 5.91 Å². The van der Waals surface area contributed by atoms with E-state index in [1.54, 1.807) is 24.3 Å². The first-order chi connectivity index (χ1) is 21.5. The van der Waals surface area contributed by atoms with E-state index in [2.05, 4.69) is 10.6 Å². The zero-order chi connectivity index (χ0) is 32.8. The molecule has 0 radical (unpaired) electrons. The number of carbonyl (C=O) groups excluding carboxylic acids is 5. The fourth-order valence-electron chi connectivity index (χ4n) is 5.47. The van der Waals surface area contributed by atoms with Crippen molar-refractivity contribution in [3.63, 3.8) is 0 Å². The highest BCUT2D eigenvalue weighted by Crippen LogP contribution is 2.41. The summed E-state index contributed by atoms with van der Waals surface area (Å²) >= 11 is 0. The van der Waals surface area contributed by atoms with Crippen molar-refractivity contribution in [2.24, 2.45) is 17.1 Å². The predicted molar refractivity (Wildman–Crippen MR) is 164 cm³/mol. The standard InChI is InChI=1S/C32H40N4O9/c1-2-7-27(37)32(17-4-3-5-18-32)28(38)20-23(8-6-19-34-30(33)40)29(39)35-24-11-9-22(10-12-24)21-44-31(41)45-26-15-13-25(14-16-26)36(42)43/h9-16,23H,2-8,17-21H2,1H3,(H,35,39)(H3,33,34,40)/t23-/m1/s1. The van der Waals surface area contributed by atoms with E-state index in [1.165, 1.54) is 24.3 Å². The van der Waals surface area contributed by atoms with Gasteiger partial charge in [-0.3, -0.25) is 24.5 Å². The van der Waals surface area contributed by atoms with Crippen LogP contribution in [0.15, 0.2) is 48.5 Å². The first-order valence-corrected chi connectivity index (χ1v) is 15.1. The monoisotopic (exact) mass is 624 g/mol. The summed E-state index contributed by atoms with van der Waals surface area (Å²) in [5.74, 6) is -1.26. The van der Waals surface area contributed by atoms with Crippen molar-refractivity contribution in [2.75, 3.05) is 11.9 Å². The van der Waals surface area contributed by atoms with Gasteiger partial charge in [-0.2, -0.15) is 0 Å². The van der Waals surface area contributed by atoms with Crippen molar-refractivity contribution >= 4 is 41.0 Å². The molecule has 2 aromatic rings. The van der Waals surface area contributed by atoms with E-state index in [9.17, 15) is 34.1 Å². The van der Waals surface area contributed by atoms with Crippen LogP contribution in [0.4, 0.5) is 21.0 Å². The zero-order valence-corrected chi connectivity index (χ0v) is 25.4. The van der Waals surface area contributed by atoms with Gasteiger partial charge in [-0.15, -0.1) is 0 Å². The fraction of sp³-hybridized carbons (Fsp3) is 0.469. The number of nitro benzene ring substituents is 1. The van der Waals surface area contributed by atoms with Gasteiger partial charge < -0.3 is 25.8 Å². The molecule has 1 aliphatic rings. The van der Waals surface area contributed by atoms with Crippen molar-refractivity contribution in [2.45, 2.75) is 77.7 Å². The van der Waals surface area contributed by atoms with Crippen LogP contribution in [0.1, 0.15) is 76.7 Å². The molecule has 0 saturated heterocycles. The molecule has 0 aliphatic heterocycles. The molecular weight excluding hydrogens is 584 g/mol. The number of hydrogen-bond acceptors (Lipinski definition) is 9. The Balaban J connectivity index is 1.61. The smallest absolute Gasteiger partial charge is 0.429 e. The number of amides is 3. The Kier molecular flexibility index (Phi) is 13.0. The average molecular weight is 625 g/mol. The van der Waals surface area contributed by atoms with Gasteiger partial charge in [-0.05, 0) is 61.9 Å². The maximum Gasteiger partial charge on any atom is 0.514 e. The number of Topliss-reactive ketones (excluding diaryl/α,β-unsaturated/α-hetero) is 2. The van der Waals surface area contributed by atoms with E-state index in [4.69, 9.17) is 15.2 Å². The van der Waals surface area contributed by atoms with Crippen LogP contribution in [0.3, 0.4) is 0 Å². The third-order valence-corrected chi connectivity index (χ3v) is 7.91. The molecule has 242 valence electrons. The summed E-state index contributed by atoms with van der Waals surface area (Å²) in [5.41, 5.74) is 5.03. The molecule has 0 bridgehead atoms. The Morgan fingerprint density at radius 1 is 0.978 bits per heavy atom. The van der Waals surface area contributed by atoms with E-state index in [1.807, 2.05) is 6.92 Å². The Hall–Kier alpha value is -4.81. The van der Waals surface area contributed by atoms with Gasteiger partial charge in [0.25, 0.3) is 5.69 Å². The number of ether oxygens (including phenoxy) is 2. The highest BCUT2D eigenvalue weighted by molar-refractivity contribution is 6.08. The quantitative estimate of drug-likeness (QED) is 0.0532. The van der Waals surface area contributed by atoms with Crippen LogP contribution >= 0.6 is 0 Å². The highest BCUT2D eigenvalue weighted by atomic mass is 16.7. The van der Waals surface area contributed by atoms with E-state index in [0.29, 0.717) is 49.8 Å². The summed E-state index contributed by atoms with van der Waals surface area (Å²) in [4.78, 5) is 73.6. The number of carbonyl (C=O) groups is 5. The zero-order valence-electron chi connectivity index (χ0n) is 25.4. The van der Waals surface area contributed by atoms with Gasteiger partial charge in [-0.25, -0.2) is 9.59 Å². The third-order valence-electron chi connectivity index (χ3n) is 7.91. The van der Waals surface area contributed by atoms with Crippen molar-refractivity contribution < 1.29 is 38.4 Å². The topological polar surface area (TPSA) is 197 Å². The first kappa shape index (κ1) is 34.7. The SMILES string of the molecule is CCCC(=O)C1(C(=O)C[C@@H](CCCNC(N)=O)C(=O)Nc2ccc(COC(=O)Oc3ccc([N+](=O)[O-])cc3)cc2)CCCCC1. The minimum absolute atomic E-state index is 0.0429. The summed E-state index contributed by atoms with van der Waals surface area (Å²) in [5, 5.41) is 16.1. The lowest BCUT2D eigenvalue weighted by molar-refractivity contribution is -0.384. The molecule has 0 aromatic heterocycles. The number of nitrogens with two attached hydrogens (primary N) is 1.